The zero-order valence-corrected chi connectivity index (χ0v) is 11.0. The van der Waals surface area contributed by atoms with Gasteiger partial charge in [-0.05, 0) is 48.3 Å². The zero-order chi connectivity index (χ0) is 12.5. The molecular formula is C18H18. The van der Waals surface area contributed by atoms with Gasteiger partial charge in [0.1, 0.15) is 0 Å². The van der Waals surface area contributed by atoms with Crippen LogP contribution >= 0.6 is 0 Å². The summed E-state index contributed by atoms with van der Waals surface area (Å²) in [4.78, 5) is 0. The molecule has 1 aliphatic carbocycles. The molecule has 0 unspecified atom stereocenters. The van der Waals surface area contributed by atoms with Crippen molar-refractivity contribution in [2.24, 2.45) is 0 Å². The predicted molar refractivity (Wildman–Crippen MR) is 78.6 cm³/mol. The van der Waals surface area contributed by atoms with Crippen molar-refractivity contribution < 1.29 is 0 Å². The molecule has 0 aliphatic heterocycles. The Morgan fingerprint density at radius 2 is 1.67 bits per heavy atom. The Hall–Kier alpha value is -1.82. The fourth-order valence-electron chi connectivity index (χ4n) is 2.71. The number of aryl methyl sites for hydroxylation is 1. The Balaban J connectivity index is 2.30. The lowest BCUT2D eigenvalue weighted by Gasteiger charge is -2.10. The predicted octanol–water partition coefficient (Wildman–Crippen LogP) is 3.41. The van der Waals surface area contributed by atoms with Crippen LogP contribution in [0.1, 0.15) is 25.3 Å². The molecular weight excluding hydrogens is 216 g/mol. The van der Waals surface area contributed by atoms with Crippen LogP contribution in [0.15, 0.2) is 42.5 Å². The van der Waals surface area contributed by atoms with Crippen LogP contribution in [-0.2, 0) is 0 Å². The first-order valence-corrected chi connectivity index (χ1v) is 6.62. The van der Waals surface area contributed by atoms with Crippen molar-refractivity contribution >= 4 is 11.6 Å². The van der Waals surface area contributed by atoms with Crippen molar-refractivity contribution in [3.8, 4) is 11.1 Å². The molecule has 18 heavy (non-hydrogen) atoms. The molecule has 0 radical (unpaired) electrons. The second kappa shape index (κ2) is 4.45. The van der Waals surface area contributed by atoms with Crippen LogP contribution in [0.3, 0.4) is 0 Å². The molecule has 0 nitrogen and oxygen atoms in total. The summed E-state index contributed by atoms with van der Waals surface area (Å²) in [6, 6.07) is 15.5. The molecule has 0 saturated carbocycles. The van der Waals surface area contributed by atoms with E-state index in [-0.39, 0.29) is 0 Å². The van der Waals surface area contributed by atoms with Crippen LogP contribution in [0.4, 0.5) is 0 Å². The lowest BCUT2D eigenvalue weighted by atomic mass is 9.94. The molecule has 2 aromatic carbocycles. The Morgan fingerprint density at radius 3 is 2.44 bits per heavy atom. The van der Waals surface area contributed by atoms with Gasteiger partial charge in [0.2, 0.25) is 0 Å². The average molecular weight is 234 g/mol. The highest BCUT2D eigenvalue weighted by atomic mass is 14.1. The van der Waals surface area contributed by atoms with E-state index >= 15 is 0 Å². The third kappa shape index (κ3) is 1.88. The van der Waals surface area contributed by atoms with Gasteiger partial charge < -0.3 is 0 Å². The second-order valence-corrected chi connectivity index (χ2v) is 5.16. The van der Waals surface area contributed by atoms with Gasteiger partial charge in [0.25, 0.3) is 0 Å². The lowest BCUT2D eigenvalue weighted by Crippen LogP contribution is -2.30. The van der Waals surface area contributed by atoms with Crippen molar-refractivity contribution in [3.05, 3.63) is 58.5 Å². The van der Waals surface area contributed by atoms with Gasteiger partial charge in [0, 0.05) is 0 Å². The number of hydrogen-bond donors (Lipinski definition) is 0. The van der Waals surface area contributed by atoms with E-state index in [0.717, 1.165) is 0 Å². The van der Waals surface area contributed by atoms with Crippen LogP contribution in [0.2, 0.25) is 0 Å². The van der Waals surface area contributed by atoms with E-state index in [4.69, 9.17) is 0 Å². The molecule has 1 aliphatic rings. The Bertz CT molecular complexity index is 688. The summed E-state index contributed by atoms with van der Waals surface area (Å²) in [5.74, 6) is 0. The molecule has 90 valence electrons. The van der Waals surface area contributed by atoms with Gasteiger partial charge in [-0.1, -0.05) is 59.7 Å². The highest BCUT2D eigenvalue weighted by Gasteiger charge is 2.05. The third-order valence-corrected chi connectivity index (χ3v) is 3.80. The molecule has 0 N–H and O–H groups in total. The Morgan fingerprint density at radius 1 is 0.889 bits per heavy atom. The summed E-state index contributed by atoms with van der Waals surface area (Å²) < 4.78 is 0. The van der Waals surface area contributed by atoms with Crippen molar-refractivity contribution in [3.63, 3.8) is 0 Å². The number of benzene rings is 2. The lowest BCUT2D eigenvalue weighted by molar-refractivity contribution is 1.07. The van der Waals surface area contributed by atoms with E-state index in [0.29, 0.717) is 0 Å². The van der Waals surface area contributed by atoms with Crippen LogP contribution in [-0.4, -0.2) is 0 Å². The number of fused-ring (bicyclic) bond motifs is 1. The van der Waals surface area contributed by atoms with Crippen molar-refractivity contribution in [2.45, 2.75) is 26.7 Å². The van der Waals surface area contributed by atoms with Crippen molar-refractivity contribution in [1.82, 2.24) is 0 Å². The van der Waals surface area contributed by atoms with Crippen LogP contribution in [0, 0.1) is 6.92 Å². The van der Waals surface area contributed by atoms with Gasteiger partial charge in [-0.3, -0.25) is 0 Å². The van der Waals surface area contributed by atoms with Gasteiger partial charge in [0.15, 0.2) is 0 Å². The Kier molecular flexibility index (Phi) is 2.79. The van der Waals surface area contributed by atoms with Gasteiger partial charge in [0.05, 0.1) is 0 Å². The molecule has 3 rings (SSSR count). The maximum atomic E-state index is 2.39. The molecule has 0 spiro atoms. The zero-order valence-electron chi connectivity index (χ0n) is 11.0. The fraction of sp³-hybridized carbons (Fsp3) is 0.222. The topological polar surface area (TPSA) is 0 Å². The molecule has 0 amide bonds. The number of rotatable bonds is 1. The summed E-state index contributed by atoms with van der Waals surface area (Å²) in [6.45, 7) is 4.39. The third-order valence-electron chi connectivity index (χ3n) is 3.80. The molecule has 0 atom stereocenters. The van der Waals surface area contributed by atoms with Crippen molar-refractivity contribution in [1.29, 1.82) is 0 Å². The monoisotopic (exact) mass is 234 g/mol. The standard InChI is InChI=1S/C18H18/c1-13-9-11-15(12-10-13)17-7-4-6-16-14(2)5-3-8-18(16)17/h4,6-12H,3,5H2,1-2H3. The van der Waals surface area contributed by atoms with Crippen LogP contribution in [0.5, 0.6) is 0 Å². The molecule has 0 bridgehead atoms. The van der Waals surface area contributed by atoms with E-state index in [1.807, 2.05) is 0 Å². The summed E-state index contributed by atoms with van der Waals surface area (Å²) in [5, 5.41) is 2.85. The summed E-state index contributed by atoms with van der Waals surface area (Å²) in [5.41, 5.74) is 5.52. The highest BCUT2D eigenvalue weighted by molar-refractivity contribution is 5.68. The highest BCUT2D eigenvalue weighted by Crippen LogP contribution is 2.17. The maximum Gasteiger partial charge on any atom is -0.0109 e. The summed E-state index contributed by atoms with van der Waals surface area (Å²) >= 11 is 0. The normalized spacial score (nSPS) is 14.0. The van der Waals surface area contributed by atoms with Gasteiger partial charge in [-0.2, -0.15) is 0 Å². The quantitative estimate of drug-likeness (QED) is 0.709. The van der Waals surface area contributed by atoms with Gasteiger partial charge in [-0.25, -0.2) is 0 Å². The van der Waals surface area contributed by atoms with E-state index < -0.39 is 0 Å². The molecule has 0 aromatic heterocycles. The van der Waals surface area contributed by atoms with E-state index in [1.165, 1.54) is 45.5 Å². The van der Waals surface area contributed by atoms with E-state index in [9.17, 15) is 0 Å². The Labute approximate surface area is 108 Å². The minimum Gasteiger partial charge on any atom is -0.0757 e. The minimum atomic E-state index is 1.17. The molecule has 0 saturated heterocycles. The van der Waals surface area contributed by atoms with Gasteiger partial charge in [-0.15, -0.1) is 0 Å². The first-order valence-electron chi connectivity index (χ1n) is 6.62. The van der Waals surface area contributed by atoms with E-state index in [1.54, 1.807) is 0 Å². The molecule has 2 aromatic rings. The largest absolute Gasteiger partial charge is 0.0757 e. The van der Waals surface area contributed by atoms with Crippen LogP contribution < -0.4 is 10.4 Å². The second-order valence-electron chi connectivity index (χ2n) is 5.16. The summed E-state index contributed by atoms with van der Waals surface area (Å²) in [7, 11) is 0. The van der Waals surface area contributed by atoms with Gasteiger partial charge >= 0.3 is 0 Å². The molecule has 0 heteroatoms. The number of hydrogen-bond acceptors (Lipinski definition) is 0. The first kappa shape index (κ1) is 11.3. The first-order chi connectivity index (χ1) is 8.75. The average Bonchev–Trinajstić information content (AvgIpc) is 2.40. The smallest absolute Gasteiger partial charge is 0.0109 e. The fourth-order valence-corrected chi connectivity index (χ4v) is 2.71. The molecule has 0 heterocycles. The molecule has 0 fully saturated rings. The van der Waals surface area contributed by atoms with Crippen LogP contribution in [0.25, 0.3) is 22.8 Å². The van der Waals surface area contributed by atoms with E-state index in [2.05, 4.69) is 62.4 Å². The SMILES string of the molecule is CC1=c2cccc(-c3ccc(C)cc3)c2=CCC1. The maximum absolute atomic E-state index is 2.39. The van der Waals surface area contributed by atoms with Crippen molar-refractivity contribution in [2.75, 3.05) is 0 Å². The summed E-state index contributed by atoms with van der Waals surface area (Å²) in [6.07, 6.45) is 4.75. The minimum absolute atomic E-state index is 1.17.